The van der Waals surface area contributed by atoms with Gasteiger partial charge in [0.15, 0.2) is 0 Å². The normalized spacial score (nSPS) is 11.7. The number of nitrogens with one attached hydrogen (secondary N) is 2. The molecule has 9 nitrogen and oxygen atoms in total. The molecule has 1 aromatic rings. The van der Waals surface area contributed by atoms with Gasteiger partial charge in [0, 0.05) is 6.42 Å². The summed E-state index contributed by atoms with van der Waals surface area (Å²) in [5.74, 6) is -2.23. The fourth-order valence-corrected chi connectivity index (χ4v) is 2.13. The summed E-state index contributed by atoms with van der Waals surface area (Å²) in [5.41, 5.74) is 0. The lowest BCUT2D eigenvalue weighted by Crippen LogP contribution is -2.43. The number of aromatic nitrogens is 2. The lowest BCUT2D eigenvalue weighted by atomic mass is 10.1. The molecule has 0 radical (unpaired) electrons. The monoisotopic (exact) mass is 316 g/mol. The van der Waals surface area contributed by atoms with Gasteiger partial charge in [-0.25, -0.2) is 9.59 Å². The predicted molar refractivity (Wildman–Crippen MR) is 74.4 cm³/mol. The van der Waals surface area contributed by atoms with Crippen LogP contribution in [0.3, 0.4) is 0 Å². The van der Waals surface area contributed by atoms with Crippen molar-refractivity contribution >= 4 is 34.4 Å². The van der Waals surface area contributed by atoms with Gasteiger partial charge >= 0.3 is 18.0 Å². The number of aliphatic carboxylic acids is 2. The van der Waals surface area contributed by atoms with Crippen molar-refractivity contribution in [2.75, 3.05) is 5.32 Å². The van der Waals surface area contributed by atoms with E-state index in [-0.39, 0.29) is 24.4 Å². The van der Waals surface area contributed by atoms with E-state index in [1.807, 2.05) is 6.92 Å². The Morgan fingerprint density at radius 1 is 1.29 bits per heavy atom. The van der Waals surface area contributed by atoms with Gasteiger partial charge in [-0.2, -0.15) is 0 Å². The van der Waals surface area contributed by atoms with E-state index in [1.54, 1.807) is 0 Å². The highest BCUT2D eigenvalue weighted by Gasteiger charge is 2.20. The number of carbonyl (C=O) groups is 3. The zero-order chi connectivity index (χ0) is 15.8. The summed E-state index contributed by atoms with van der Waals surface area (Å²) in [5, 5.41) is 30.7. The van der Waals surface area contributed by atoms with Crippen molar-refractivity contribution in [2.24, 2.45) is 0 Å². The highest BCUT2D eigenvalue weighted by Crippen LogP contribution is 2.15. The lowest BCUT2D eigenvalue weighted by molar-refractivity contribution is -0.140. The fraction of sp³-hybridized carbons (Fsp3) is 0.545. The number of hydrogen-bond acceptors (Lipinski definition) is 6. The van der Waals surface area contributed by atoms with Crippen LogP contribution in [0.1, 0.15) is 31.2 Å². The van der Waals surface area contributed by atoms with E-state index >= 15 is 0 Å². The molecule has 0 fully saturated rings. The highest BCUT2D eigenvalue weighted by atomic mass is 32.1. The first-order valence-corrected chi connectivity index (χ1v) is 7.08. The summed E-state index contributed by atoms with van der Waals surface area (Å²) < 4.78 is 0. The largest absolute Gasteiger partial charge is 0.481 e. The van der Waals surface area contributed by atoms with E-state index in [0.717, 1.165) is 5.01 Å². The average Bonchev–Trinajstić information content (AvgIpc) is 2.84. The van der Waals surface area contributed by atoms with Crippen LogP contribution in [0.5, 0.6) is 0 Å². The molecule has 1 rings (SSSR count). The fourth-order valence-electron chi connectivity index (χ4n) is 1.45. The van der Waals surface area contributed by atoms with Crippen molar-refractivity contribution < 1.29 is 24.6 Å². The van der Waals surface area contributed by atoms with Gasteiger partial charge in [0.2, 0.25) is 5.13 Å². The number of nitrogens with zero attached hydrogens (tertiary/aromatic N) is 2. The molecule has 0 aromatic carbocycles. The second-order valence-corrected chi connectivity index (χ2v) is 5.19. The van der Waals surface area contributed by atoms with E-state index in [2.05, 4.69) is 20.8 Å². The third-order valence-electron chi connectivity index (χ3n) is 2.48. The molecule has 21 heavy (non-hydrogen) atoms. The van der Waals surface area contributed by atoms with Crippen LogP contribution in [0.2, 0.25) is 0 Å². The third kappa shape index (κ3) is 6.17. The molecule has 0 aliphatic rings. The summed E-state index contributed by atoms with van der Waals surface area (Å²) in [6.45, 7) is 1.90. The number of carboxylic acid groups (broad SMARTS) is 2. The molecule has 0 unspecified atom stereocenters. The Bertz CT molecular complexity index is 518. The summed E-state index contributed by atoms with van der Waals surface area (Å²) in [6, 6.07) is -1.86. The van der Waals surface area contributed by atoms with Gasteiger partial charge < -0.3 is 15.5 Å². The van der Waals surface area contributed by atoms with Crippen LogP contribution in [-0.2, 0) is 16.0 Å². The summed E-state index contributed by atoms with van der Waals surface area (Å²) in [7, 11) is 0. The molecule has 1 aromatic heterocycles. The quantitative estimate of drug-likeness (QED) is 0.559. The highest BCUT2D eigenvalue weighted by molar-refractivity contribution is 7.15. The first kappa shape index (κ1) is 16.8. The minimum Gasteiger partial charge on any atom is -0.481 e. The Hall–Kier alpha value is -2.23. The summed E-state index contributed by atoms with van der Waals surface area (Å²) >= 11 is 1.20. The van der Waals surface area contributed by atoms with Crippen LogP contribution in [0, 0.1) is 0 Å². The van der Waals surface area contributed by atoms with E-state index in [9.17, 15) is 14.4 Å². The third-order valence-corrected chi connectivity index (χ3v) is 3.46. The topological polar surface area (TPSA) is 142 Å². The van der Waals surface area contributed by atoms with E-state index in [0.29, 0.717) is 6.42 Å². The molecule has 1 heterocycles. The van der Waals surface area contributed by atoms with Crippen molar-refractivity contribution in [3.8, 4) is 0 Å². The second kappa shape index (κ2) is 8.15. The molecule has 116 valence electrons. The molecule has 0 spiro atoms. The number of aryl methyl sites for hydroxylation is 1. The minimum absolute atomic E-state index is 0.0331. The number of rotatable bonds is 8. The molecule has 0 aliphatic heterocycles. The maximum Gasteiger partial charge on any atom is 0.326 e. The van der Waals surface area contributed by atoms with Crippen LogP contribution in [-0.4, -0.2) is 44.4 Å². The zero-order valence-corrected chi connectivity index (χ0v) is 12.1. The van der Waals surface area contributed by atoms with Crippen LogP contribution in [0.4, 0.5) is 9.93 Å². The number of hydrogen-bond donors (Lipinski definition) is 4. The van der Waals surface area contributed by atoms with Crippen molar-refractivity contribution in [2.45, 2.75) is 38.6 Å². The van der Waals surface area contributed by atoms with Crippen LogP contribution < -0.4 is 10.6 Å². The van der Waals surface area contributed by atoms with Crippen molar-refractivity contribution in [3.63, 3.8) is 0 Å². The molecule has 0 bridgehead atoms. The van der Waals surface area contributed by atoms with Gasteiger partial charge in [-0.3, -0.25) is 10.1 Å². The number of anilines is 1. The zero-order valence-electron chi connectivity index (χ0n) is 11.3. The van der Waals surface area contributed by atoms with Crippen molar-refractivity contribution in [3.05, 3.63) is 5.01 Å². The molecule has 0 saturated heterocycles. The first-order valence-electron chi connectivity index (χ1n) is 6.26. The van der Waals surface area contributed by atoms with E-state index in [4.69, 9.17) is 10.2 Å². The molecule has 0 saturated carbocycles. The number of urea groups is 1. The van der Waals surface area contributed by atoms with Crippen LogP contribution in [0.25, 0.3) is 0 Å². The van der Waals surface area contributed by atoms with Gasteiger partial charge in [0.05, 0.1) is 0 Å². The molecule has 4 N–H and O–H groups in total. The molecule has 10 heteroatoms. The Morgan fingerprint density at radius 2 is 2.00 bits per heavy atom. The van der Waals surface area contributed by atoms with Crippen molar-refractivity contribution in [1.29, 1.82) is 0 Å². The van der Waals surface area contributed by atoms with Gasteiger partial charge in [0.25, 0.3) is 0 Å². The maximum atomic E-state index is 11.7. The standard InChI is InChI=1S/C11H16N4O5S/c1-2-7-14-15-11(21-7)13-10(20)12-6(9(18)19)4-3-5-8(16)17/h6H,2-5H2,1H3,(H,16,17)(H,18,19)(H2,12,13,15,20)/t6-/m1/s1. The Balaban J connectivity index is 2.48. The Kier molecular flexibility index (Phi) is 6.53. The van der Waals surface area contributed by atoms with Gasteiger partial charge in [-0.15, -0.1) is 10.2 Å². The average molecular weight is 316 g/mol. The Labute approximate surface area is 124 Å². The first-order chi connectivity index (χ1) is 9.92. The second-order valence-electron chi connectivity index (χ2n) is 4.13. The van der Waals surface area contributed by atoms with Crippen molar-refractivity contribution in [1.82, 2.24) is 15.5 Å². The van der Waals surface area contributed by atoms with Crippen LogP contribution in [0.15, 0.2) is 0 Å². The van der Waals surface area contributed by atoms with Crippen LogP contribution >= 0.6 is 11.3 Å². The smallest absolute Gasteiger partial charge is 0.326 e. The summed E-state index contributed by atoms with van der Waals surface area (Å²) in [4.78, 5) is 33.0. The van der Waals surface area contributed by atoms with Gasteiger partial charge in [0.1, 0.15) is 11.0 Å². The van der Waals surface area contributed by atoms with Gasteiger partial charge in [-0.1, -0.05) is 18.3 Å². The summed E-state index contributed by atoms with van der Waals surface area (Å²) in [6.07, 6.45) is 0.730. The molecular formula is C11H16N4O5S. The predicted octanol–water partition coefficient (Wildman–Crippen LogP) is 0.930. The lowest BCUT2D eigenvalue weighted by Gasteiger charge is -2.13. The maximum absolute atomic E-state index is 11.7. The number of carboxylic acids is 2. The molecule has 2 amide bonds. The number of amides is 2. The van der Waals surface area contributed by atoms with E-state index < -0.39 is 24.0 Å². The molecule has 0 aliphatic carbocycles. The van der Waals surface area contributed by atoms with E-state index in [1.165, 1.54) is 11.3 Å². The van der Waals surface area contributed by atoms with Gasteiger partial charge in [-0.05, 0) is 19.3 Å². The Morgan fingerprint density at radius 3 is 2.52 bits per heavy atom. The molecule has 1 atom stereocenters. The number of carbonyl (C=O) groups excluding carboxylic acids is 1. The SMILES string of the molecule is CCc1nnc(NC(=O)N[C@H](CCCC(=O)O)C(=O)O)s1. The minimum atomic E-state index is -1.22. The molecular weight excluding hydrogens is 300 g/mol.